The lowest BCUT2D eigenvalue weighted by molar-refractivity contribution is -0.145. The molecule has 0 radical (unpaired) electrons. The highest BCUT2D eigenvalue weighted by Crippen LogP contribution is 1.91. The number of hydrogen-bond donors (Lipinski definition) is 0. The Bertz CT molecular complexity index is 516. The Morgan fingerprint density at radius 3 is 0.902 bits per heavy atom. The maximum Gasteiger partial charge on any atom is 0.305 e. The van der Waals surface area contributed by atoms with Gasteiger partial charge in [-0.2, -0.15) is 0 Å². The topological polar surface area (TPSA) is 122 Å². The average molecular weight is 600 g/mol. The smallest absolute Gasteiger partial charge is 0.305 e. The monoisotopic (exact) mass is 599 g/mol. The first-order valence-electron chi connectivity index (χ1n) is 14.7. The number of ether oxygens (including phenoxy) is 11. The summed E-state index contributed by atoms with van der Waals surface area (Å²) in [7, 11) is 4.04. The van der Waals surface area contributed by atoms with E-state index in [9.17, 15) is 4.79 Å². The van der Waals surface area contributed by atoms with Crippen molar-refractivity contribution in [2.75, 3.05) is 159 Å². The Kier molecular flexibility index (Phi) is 34.4. The molecular weight excluding hydrogens is 542 g/mol. The van der Waals surface area contributed by atoms with E-state index in [4.69, 9.17) is 52.1 Å². The molecule has 41 heavy (non-hydrogen) atoms. The highest BCUT2D eigenvalue weighted by atomic mass is 16.6. The van der Waals surface area contributed by atoms with Crippen molar-refractivity contribution < 1.29 is 56.9 Å². The average Bonchev–Trinajstić information content (AvgIpc) is 2.95. The Morgan fingerprint density at radius 2 is 0.659 bits per heavy atom. The Hall–Kier alpha value is -0.970. The molecule has 0 aromatic carbocycles. The summed E-state index contributed by atoms with van der Waals surface area (Å²) in [5.74, 6) is -0.186. The van der Waals surface area contributed by atoms with E-state index in [1.54, 1.807) is 0 Å². The summed E-state index contributed by atoms with van der Waals surface area (Å²) < 4.78 is 59.3. The van der Waals surface area contributed by atoms with Crippen LogP contribution in [0.3, 0.4) is 0 Å². The van der Waals surface area contributed by atoms with E-state index in [1.165, 1.54) is 0 Å². The molecule has 246 valence electrons. The molecule has 0 saturated heterocycles. The standard InChI is InChI=1S/C28H57NO12/c1-4-5-28(30)41-27-26-40-25-24-39-23-22-38-21-20-37-19-18-36-17-16-35-15-14-34-13-12-33-11-10-32-9-8-31-7-6-29(2)3/h4-27H2,1-3H3. The van der Waals surface area contributed by atoms with E-state index in [1.807, 2.05) is 21.0 Å². The molecule has 0 aliphatic heterocycles. The number of carbonyl (C=O) groups excluding carboxylic acids is 1. The zero-order chi connectivity index (χ0) is 29.9. The third-order valence-electron chi connectivity index (χ3n) is 4.98. The Labute approximate surface area is 247 Å². The number of hydrogen-bond acceptors (Lipinski definition) is 13. The van der Waals surface area contributed by atoms with Crippen molar-refractivity contribution in [1.29, 1.82) is 0 Å². The zero-order valence-corrected chi connectivity index (χ0v) is 25.8. The van der Waals surface area contributed by atoms with E-state index >= 15 is 0 Å². The Morgan fingerprint density at radius 1 is 0.415 bits per heavy atom. The van der Waals surface area contributed by atoms with Crippen molar-refractivity contribution >= 4 is 5.97 Å². The first kappa shape index (κ1) is 40.0. The minimum absolute atomic E-state index is 0.186. The van der Waals surface area contributed by atoms with Crippen molar-refractivity contribution in [3.8, 4) is 0 Å². The minimum atomic E-state index is -0.186. The normalized spacial score (nSPS) is 11.5. The Balaban J connectivity index is 3.05. The van der Waals surface area contributed by atoms with Crippen LogP contribution in [0.25, 0.3) is 0 Å². The van der Waals surface area contributed by atoms with Crippen LogP contribution >= 0.6 is 0 Å². The van der Waals surface area contributed by atoms with Crippen molar-refractivity contribution in [1.82, 2.24) is 4.90 Å². The van der Waals surface area contributed by atoms with Gasteiger partial charge >= 0.3 is 5.97 Å². The molecule has 0 heterocycles. The van der Waals surface area contributed by atoms with Crippen LogP contribution in [0.5, 0.6) is 0 Å². The van der Waals surface area contributed by atoms with Gasteiger partial charge in [-0.1, -0.05) is 6.92 Å². The van der Waals surface area contributed by atoms with Crippen LogP contribution in [0, 0.1) is 0 Å². The van der Waals surface area contributed by atoms with Gasteiger partial charge in [-0.15, -0.1) is 0 Å². The fraction of sp³-hybridized carbons (Fsp3) is 0.964. The maximum absolute atomic E-state index is 11.2. The van der Waals surface area contributed by atoms with Crippen LogP contribution < -0.4 is 0 Å². The highest BCUT2D eigenvalue weighted by Gasteiger charge is 2.00. The molecule has 0 N–H and O–H groups in total. The molecule has 0 spiro atoms. The van der Waals surface area contributed by atoms with Crippen LogP contribution in [-0.4, -0.2) is 170 Å². The first-order valence-corrected chi connectivity index (χ1v) is 14.7. The number of likely N-dealkylation sites (N-methyl/N-ethyl adjacent to an activating group) is 1. The summed E-state index contributed by atoms with van der Waals surface area (Å²) in [5, 5.41) is 0. The summed E-state index contributed by atoms with van der Waals surface area (Å²) in [5.41, 5.74) is 0. The lowest BCUT2D eigenvalue weighted by Gasteiger charge is -2.10. The fourth-order valence-corrected chi connectivity index (χ4v) is 2.82. The van der Waals surface area contributed by atoms with Gasteiger partial charge in [0.05, 0.1) is 132 Å². The predicted molar refractivity (Wildman–Crippen MR) is 153 cm³/mol. The van der Waals surface area contributed by atoms with Gasteiger partial charge in [-0.25, -0.2) is 0 Å². The van der Waals surface area contributed by atoms with E-state index in [0.29, 0.717) is 139 Å². The number of esters is 1. The molecule has 0 saturated carbocycles. The second-order valence-electron chi connectivity index (χ2n) is 8.90. The van der Waals surface area contributed by atoms with Crippen LogP contribution in [-0.2, 0) is 56.9 Å². The van der Waals surface area contributed by atoms with Gasteiger partial charge in [-0.05, 0) is 20.5 Å². The van der Waals surface area contributed by atoms with Gasteiger partial charge < -0.3 is 57.0 Å². The molecule has 0 fully saturated rings. The zero-order valence-electron chi connectivity index (χ0n) is 25.8. The highest BCUT2D eigenvalue weighted by molar-refractivity contribution is 5.69. The van der Waals surface area contributed by atoms with Crippen LogP contribution in [0.4, 0.5) is 0 Å². The van der Waals surface area contributed by atoms with Crippen molar-refractivity contribution in [2.45, 2.75) is 19.8 Å². The van der Waals surface area contributed by atoms with Gasteiger partial charge in [0.15, 0.2) is 0 Å². The molecule has 0 aromatic heterocycles. The van der Waals surface area contributed by atoms with Crippen LogP contribution in [0.2, 0.25) is 0 Å². The van der Waals surface area contributed by atoms with E-state index in [-0.39, 0.29) is 12.6 Å². The van der Waals surface area contributed by atoms with Gasteiger partial charge in [0, 0.05) is 13.0 Å². The van der Waals surface area contributed by atoms with Gasteiger partial charge in [0.25, 0.3) is 0 Å². The van der Waals surface area contributed by atoms with E-state index in [0.717, 1.165) is 13.0 Å². The van der Waals surface area contributed by atoms with E-state index < -0.39 is 0 Å². The third kappa shape index (κ3) is 37.0. The first-order chi connectivity index (χ1) is 20.2. The van der Waals surface area contributed by atoms with Crippen LogP contribution in [0.15, 0.2) is 0 Å². The molecule has 0 bridgehead atoms. The lowest BCUT2D eigenvalue weighted by atomic mass is 10.3. The summed E-state index contributed by atoms with van der Waals surface area (Å²) in [6.07, 6.45) is 1.23. The number of nitrogens with zero attached hydrogens (tertiary/aromatic N) is 1. The number of carbonyl (C=O) groups is 1. The molecule has 0 aromatic rings. The molecule has 0 aliphatic carbocycles. The van der Waals surface area contributed by atoms with Crippen molar-refractivity contribution in [2.24, 2.45) is 0 Å². The second kappa shape index (κ2) is 35.2. The van der Waals surface area contributed by atoms with Gasteiger partial charge in [0.2, 0.25) is 0 Å². The molecule has 13 nitrogen and oxygen atoms in total. The summed E-state index contributed by atoms with van der Waals surface area (Å²) in [6, 6.07) is 0. The van der Waals surface area contributed by atoms with E-state index in [2.05, 4.69) is 4.90 Å². The summed E-state index contributed by atoms with van der Waals surface area (Å²) in [6.45, 7) is 13.5. The molecule has 0 atom stereocenters. The predicted octanol–water partition coefficient (Wildman–Crippen LogP) is 1.06. The second-order valence-corrected chi connectivity index (χ2v) is 8.90. The maximum atomic E-state index is 11.2. The van der Waals surface area contributed by atoms with Crippen molar-refractivity contribution in [3.05, 3.63) is 0 Å². The fourth-order valence-electron chi connectivity index (χ4n) is 2.82. The van der Waals surface area contributed by atoms with Gasteiger partial charge in [0.1, 0.15) is 6.61 Å². The number of rotatable bonds is 35. The molecule has 0 aliphatic rings. The molecule has 0 unspecified atom stereocenters. The quantitative estimate of drug-likeness (QED) is 0.0763. The minimum Gasteiger partial charge on any atom is -0.463 e. The molecule has 0 rings (SSSR count). The summed E-state index contributed by atoms with van der Waals surface area (Å²) >= 11 is 0. The third-order valence-corrected chi connectivity index (χ3v) is 4.98. The molecular formula is C28H57NO12. The SMILES string of the molecule is CCCC(=O)OCCOCCOCCOCCOCCOCCOCCOCCOCCOCCOCCN(C)C. The van der Waals surface area contributed by atoms with Crippen LogP contribution in [0.1, 0.15) is 19.8 Å². The largest absolute Gasteiger partial charge is 0.463 e. The molecule has 13 heteroatoms. The van der Waals surface area contributed by atoms with Gasteiger partial charge in [-0.3, -0.25) is 4.79 Å². The molecule has 0 amide bonds. The summed E-state index contributed by atoms with van der Waals surface area (Å²) in [4.78, 5) is 13.3. The lowest BCUT2D eigenvalue weighted by Crippen LogP contribution is -2.19. The van der Waals surface area contributed by atoms with Crippen molar-refractivity contribution in [3.63, 3.8) is 0 Å².